The number of nitriles is 1. The molecule has 0 aliphatic carbocycles. The summed E-state index contributed by atoms with van der Waals surface area (Å²) in [6, 6.07) is 6.14. The molecule has 0 aliphatic heterocycles. The zero-order valence-electron chi connectivity index (χ0n) is 9.99. The van der Waals surface area contributed by atoms with Gasteiger partial charge in [-0.05, 0) is 19.1 Å². The molecule has 1 N–H and O–H groups in total. The summed E-state index contributed by atoms with van der Waals surface area (Å²) in [5, 5.41) is 12.5. The lowest BCUT2D eigenvalue weighted by molar-refractivity contribution is 0.390. The Balaban J connectivity index is 2.21. The molecule has 19 heavy (non-hydrogen) atoms. The topological polar surface area (TPSA) is 109 Å². The lowest BCUT2D eigenvalue weighted by Gasteiger charge is -2.05. The van der Waals surface area contributed by atoms with Crippen molar-refractivity contribution in [2.75, 3.05) is 0 Å². The molecule has 0 spiro atoms. The van der Waals surface area contributed by atoms with E-state index in [1.54, 1.807) is 19.1 Å². The first-order valence-electron chi connectivity index (χ1n) is 5.30. The molecule has 0 aromatic carbocycles. The number of nitrogens with zero attached hydrogens (tertiary/aromatic N) is 3. The average molecular weight is 278 g/mol. The van der Waals surface area contributed by atoms with Crippen molar-refractivity contribution >= 4 is 10.0 Å². The van der Waals surface area contributed by atoms with Gasteiger partial charge in [-0.1, -0.05) is 5.16 Å². The van der Waals surface area contributed by atoms with Crippen LogP contribution in [0.4, 0.5) is 0 Å². The molecule has 0 unspecified atom stereocenters. The summed E-state index contributed by atoms with van der Waals surface area (Å²) >= 11 is 0. The summed E-state index contributed by atoms with van der Waals surface area (Å²) < 4.78 is 31.2. The molecule has 0 fully saturated rings. The van der Waals surface area contributed by atoms with E-state index in [4.69, 9.17) is 9.78 Å². The van der Waals surface area contributed by atoms with Gasteiger partial charge in [0, 0.05) is 12.3 Å². The van der Waals surface area contributed by atoms with E-state index in [9.17, 15) is 8.42 Å². The fraction of sp³-hybridized carbons (Fsp3) is 0.182. The van der Waals surface area contributed by atoms with E-state index in [-0.39, 0.29) is 17.1 Å². The highest BCUT2D eigenvalue weighted by molar-refractivity contribution is 7.89. The molecule has 0 aliphatic rings. The highest BCUT2D eigenvalue weighted by atomic mass is 32.2. The minimum absolute atomic E-state index is 0.0144. The lowest BCUT2D eigenvalue weighted by Crippen LogP contribution is -2.24. The number of aryl methyl sites for hydroxylation is 1. The van der Waals surface area contributed by atoms with E-state index in [0.29, 0.717) is 11.5 Å². The van der Waals surface area contributed by atoms with Crippen LogP contribution in [0, 0.1) is 18.3 Å². The Morgan fingerprint density at radius 2 is 2.32 bits per heavy atom. The number of hydrogen-bond donors (Lipinski definition) is 1. The van der Waals surface area contributed by atoms with Crippen LogP contribution in [0.1, 0.15) is 17.1 Å². The third-order valence-electron chi connectivity index (χ3n) is 2.29. The monoisotopic (exact) mass is 278 g/mol. The van der Waals surface area contributed by atoms with Crippen LogP contribution in [-0.4, -0.2) is 18.6 Å². The molecule has 0 saturated carbocycles. The molecule has 8 heteroatoms. The minimum Gasteiger partial charge on any atom is -0.361 e. The largest absolute Gasteiger partial charge is 0.361 e. The Labute approximate surface area is 109 Å². The van der Waals surface area contributed by atoms with E-state index < -0.39 is 10.0 Å². The standard InChI is InChI=1S/C11H10N4O3S/c1-8-5-9(15-18-8)7-14-19(16,17)11-3-2-4-13-10(11)6-12/h2-5,14H,7H2,1H3. The Kier molecular flexibility index (Phi) is 3.59. The van der Waals surface area contributed by atoms with Gasteiger partial charge in [-0.15, -0.1) is 0 Å². The van der Waals surface area contributed by atoms with Crippen LogP contribution in [0.5, 0.6) is 0 Å². The summed E-state index contributed by atoms with van der Waals surface area (Å²) in [5.74, 6) is 0.591. The van der Waals surface area contributed by atoms with Crippen molar-refractivity contribution in [1.29, 1.82) is 5.26 Å². The second kappa shape index (κ2) is 5.17. The third kappa shape index (κ3) is 2.96. The van der Waals surface area contributed by atoms with Crippen LogP contribution in [0.15, 0.2) is 33.8 Å². The maximum atomic E-state index is 12.0. The van der Waals surface area contributed by atoms with E-state index in [1.807, 2.05) is 0 Å². The molecule has 0 saturated heterocycles. The Morgan fingerprint density at radius 3 is 2.95 bits per heavy atom. The molecular weight excluding hydrogens is 268 g/mol. The molecule has 0 radical (unpaired) electrons. The van der Waals surface area contributed by atoms with E-state index in [2.05, 4.69) is 14.9 Å². The number of nitrogens with one attached hydrogen (secondary N) is 1. The minimum atomic E-state index is -3.81. The summed E-state index contributed by atoms with van der Waals surface area (Å²) in [5.41, 5.74) is 0.315. The molecular formula is C11H10N4O3S. The van der Waals surface area contributed by atoms with Gasteiger partial charge in [0.15, 0.2) is 5.69 Å². The van der Waals surface area contributed by atoms with Crippen molar-refractivity contribution in [3.05, 3.63) is 41.5 Å². The van der Waals surface area contributed by atoms with Crippen molar-refractivity contribution in [3.63, 3.8) is 0 Å². The zero-order chi connectivity index (χ0) is 13.9. The molecule has 2 heterocycles. The predicted molar refractivity (Wildman–Crippen MR) is 64.2 cm³/mol. The third-order valence-corrected chi connectivity index (χ3v) is 3.72. The number of sulfonamides is 1. The van der Waals surface area contributed by atoms with Gasteiger partial charge in [-0.3, -0.25) is 0 Å². The van der Waals surface area contributed by atoms with Crippen LogP contribution in [0.2, 0.25) is 0 Å². The van der Waals surface area contributed by atoms with Crippen LogP contribution < -0.4 is 4.72 Å². The van der Waals surface area contributed by atoms with Gasteiger partial charge in [-0.2, -0.15) is 5.26 Å². The molecule has 2 aromatic heterocycles. The van der Waals surface area contributed by atoms with Crippen LogP contribution >= 0.6 is 0 Å². The highest BCUT2D eigenvalue weighted by Gasteiger charge is 2.19. The van der Waals surface area contributed by atoms with Gasteiger partial charge in [-0.25, -0.2) is 18.1 Å². The van der Waals surface area contributed by atoms with Gasteiger partial charge < -0.3 is 4.52 Å². The molecule has 0 atom stereocenters. The van der Waals surface area contributed by atoms with Crippen molar-refractivity contribution in [2.45, 2.75) is 18.4 Å². The van der Waals surface area contributed by atoms with Crippen LogP contribution in [0.3, 0.4) is 0 Å². The average Bonchev–Trinajstić information content (AvgIpc) is 2.82. The zero-order valence-corrected chi connectivity index (χ0v) is 10.8. The molecule has 2 aromatic rings. The van der Waals surface area contributed by atoms with Crippen molar-refractivity contribution in [2.24, 2.45) is 0 Å². The maximum absolute atomic E-state index is 12.0. The number of hydrogen-bond acceptors (Lipinski definition) is 6. The first-order valence-corrected chi connectivity index (χ1v) is 6.78. The highest BCUT2D eigenvalue weighted by Crippen LogP contribution is 2.12. The molecule has 0 bridgehead atoms. The quantitative estimate of drug-likeness (QED) is 0.882. The first kappa shape index (κ1) is 13.2. The number of pyridine rings is 1. The summed E-state index contributed by atoms with van der Waals surface area (Å²) in [6.45, 7) is 1.69. The first-order chi connectivity index (χ1) is 9.03. The SMILES string of the molecule is Cc1cc(CNS(=O)(=O)c2cccnc2C#N)no1. The molecule has 98 valence electrons. The Morgan fingerprint density at radius 1 is 1.53 bits per heavy atom. The number of rotatable bonds is 4. The molecule has 0 amide bonds. The Hall–Kier alpha value is -2.24. The second-order valence-electron chi connectivity index (χ2n) is 3.72. The van der Waals surface area contributed by atoms with Crippen molar-refractivity contribution in [3.8, 4) is 6.07 Å². The fourth-order valence-corrected chi connectivity index (χ4v) is 2.54. The van der Waals surface area contributed by atoms with Crippen molar-refractivity contribution in [1.82, 2.24) is 14.9 Å². The van der Waals surface area contributed by atoms with E-state index in [1.165, 1.54) is 18.3 Å². The van der Waals surface area contributed by atoms with Crippen molar-refractivity contribution < 1.29 is 12.9 Å². The molecule has 2 rings (SSSR count). The second-order valence-corrected chi connectivity index (χ2v) is 5.45. The lowest BCUT2D eigenvalue weighted by atomic mass is 10.4. The summed E-state index contributed by atoms with van der Waals surface area (Å²) in [7, 11) is -3.81. The van der Waals surface area contributed by atoms with Crippen LogP contribution in [0.25, 0.3) is 0 Å². The van der Waals surface area contributed by atoms with Gasteiger partial charge in [0.1, 0.15) is 16.7 Å². The van der Waals surface area contributed by atoms with E-state index in [0.717, 1.165) is 0 Å². The van der Waals surface area contributed by atoms with Crippen LogP contribution in [-0.2, 0) is 16.6 Å². The normalized spacial score (nSPS) is 11.2. The number of aromatic nitrogens is 2. The van der Waals surface area contributed by atoms with Gasteiger partial charge >= 0.3 is 0 Å². The summed E-state index contributed by atoms with van der Waals surface area (Å²) in [4.78, 5) is 3.55. The van der Waals surface area contributed by atoms with Gasteiger partial charge in [0.2, 0.25) is 10.0 Å². The predicted octanol–water partition coefficient (Wildman–Crippen LogP) is 0.728. The summed E-state index contributed by atoms with van der Waals surface area (Å²) in [6.07, 6.45) is 1.36. The Bertz CT molecular complexity index is 730. The van der Waals surface area contributed by atoms with Gasteiger partial charge in [0.25, 0.3) is 0 Å². The smallest absolute Gasteiger partial charge is 0.243 e. The van der Waals surface area contributed by atoms with E-state index >= 15 is 0 Å². The van der Waals surface area contributed by atoms with Gasteiger partial charge in [0.05, 0.1) is 12.2 Å². The maximum Gasteiger partial charge on any atom is 0.243 e. The molecule has 7 nitrogen and oxygen atoms in total. The fourth-order valence-electron chi connectivity index (χ4n) is 1.44.